The van der Waals surface area contributed by atoms with Crippen LogP contribution in [0, 0.1) is 0 Å². The second kappa shape index (κ2) is 7.50. The van der Waals surface area contributed by atoms with E-state index in [9.17, 15) is 4.79 Å². The average molecular weight is 285 g/mol. The summed E-state index contributed by atoms with van der Waals surface area (Å²) in [6.45, 7) is 0. The van der Waals surface area contributed by atoms with Crippen LogP contribution >= 0.6 is 11.8 Å². The number of ether oxygens (including phenoxy) is 1. The van der Waals surface area contributed by atoms with Gasteiger partial charge in [-0.3, -0.25) is 9.79 Å². The molecule has 2 aromatic rings. The number of rotatable bonds is 5. The van der Waals surface area contributed by atoms with E-state index in [0.717, 1.165) is 17.0 Å². The molecule has 0 radical (unpaired) electrons. The molecule has 0 amide bonds. The molecule has 20 heavy (non-hydrogen) atoms. The van der Waals surface area contributed by atoms with Crippen molar-refractivity contribution in [3.05, 3.63) is 60.2 Å². The van der Waals surface area contributed by atoms with Crippen molar-refractivity contribution in [1.82, 2.24) is 0 Å². The van der Waals surface area contributed by atoms with E-state index in [2.05, 4.69) is 4.99 Å². The van der Waals surface area contributed by atoms with Crippen molar-refractivity contribution in [2.45, 2.75) is 5.75 Å². The Bertz CT molecular complexity index is 579. The maximum atomic E-state index is 11.7. The van der Waals surface area contributed by atoms with Gasteiger partial charge in [0.15, 0.2) is 0 Å². The van der Waals surface area contributed by atoms with E-state index in [-0.39, 0.29) is 5.12 Å². The van der Waals surface area contributed by atoms with Crippen LogP contribution in [0.3, 0.4) is 0 Å². The number of nitrogens with zero attached hydrogens (tertiary/aromatic N) is 1. The highest BCUT2D eigenvalue weighted by atomic mass is 32.2. The Labute approximate surface area is 122 Å². The molecule has 4 heteroatoms. The molecule has 0 aliphatic carbocycles. The topological polar surface area (TPSA) is 38.7 Å². The molecule has 0 aliphatic heterocycles. The lowest BCUT2D eigenvalue weighted by molar-refractivity contribution is -0.105. The van der Waals surface area contributed by atoms with Crippen molar-refractivity contribution in [2.75, 3.05) is 7.11 Å². The van der Waals surface area contributed by atoms with E-state index < -0.39 is 0 Å². The molecule has 0 bridgehead atoms. The predicted molar refractivity (Wildman–Crippen MR) is 83.9 cm³/mol. The van der Waals surface area contributed by atoms with E-state index in [1.54, 1.807) is 7.11 Å². The molecule has 0 fully saturated rings. The van der Waals surface area contributed by atoms with Crippen molar-refractivity contribution in [2.24, 2.45) is 4.99 Å². The molecular formula is C16H15NO2S. The molecule has 0 heterocycles. The molecule has 0 N–H and O–H groups in total. The predicted octanol–water partition coefficient (Wildman–Crippen LogP) is 3.86. The van der Waals surface area contributed by atoms with Gasteiger partial charge in [-0.2, -0.15) is 0 Å². The molecule has 0 atom stereocenters. The third kappa shape index (κ3) is 4.55. The minimum Gasteiger partial charge on any atom is -0.497 e. The van der Waals surface area contributed by atoms with Crippen molar-refractivity contribution < 1.29 is 9.53 Å². The van der Waals surface area contributed by atoms with E-state index in [1.165, 1.54) is 18.0 Å². The minimum atomic E-state index is -0.0512. The SMILES string of the molecule is COc1ccc(N=CC(=O)SCc2ccccc2)cc1. The smallest absolute Gasteiger partial charge is 0.230 e. The number of hydrogen-bond acceptors (Lipinski definition) is 4. The van der Waals surface area contributed by atoms with Gasteiger partial charge in [0, 0.05) is 5.75 Å². The maximum Gasteiger partial charge on any atom is 0.230 e. The first-order valence-corrected chi connectivity index (χ1v) is 7.15. The van der Waals surface area contributed by atoms with E-state index in [1.807, 2.05) is 54.6 Å². The van der Waals surface area contributed by atoms with E-state index in [0.29, 0.717) is 5.75 Å². The zero-order valence-electron chi connectivity index (χ0n) is 11.2. The summed E-state index contributed by atoms with van der Waals surface area (Å²) in [6.07, 6.45) is 1.36. The normalized spacial score (nSPS) is 10.7. The summed E-state index contributed by atoms with van der Waals surface area (Å²) in [7, 11) is 1.61. The van der Waals surface area contributed by atoms with Gasteiger partial charge in [-0.1, -0.05) is 42.1 Å². The van der Waals surface area contributed by atoms with Gasteiger partial charge in [-0.25, -0.2) is 0 Å². The second-order valence-electron chi connectivity index (χ2n) is 4.05. The Balaban J connectivity index is 1.85. The highest BCUT2D eigenvalue weighted by Gasteiger charge is 2.00. The molecule has 0 aromatic heterocycles. The van der Waals surface area contributed by atoms with Gasteiger partial charge in [-0.05, 0) is 29.8 Å². The third-order valence-electron chi connectivity index (χ3n) is 2.62. The number of carbonyl (C=O) groups is 1. The highest BCUT2D eigenvalue weighted by Crippen LogP contribution is 2.18. The summed E-state index contributed by atoms with van der Waals surface area (Å²) < 4.78 is 5.06. The van der Waals surface area contributed by atoms with Crippen LogP contribution in [0.15, 0.2) is 59.6 Å². The largest absolute Gasteiger partial charge is 0.497 e. The standard InChI is InChI=1S/C16H15NO2S/c1-19-15-9-7-14(8-10-15)17-11-16(18)20-12-13-5-3-2-4-6-13/h2-11H,12H2,1H3. The van der Waals surface area contributed by atoms with Gasteiger partial charge in [0.25, 0.3) is 0 Å². The quantitative estimate of drug-likeness (QED) is 0.783. The molecule has 2 rings (SSSR count). The van der Waals surface area contributed by atoms with Crippen LogP contribution < -0.4 is 4.74 Å². The lowest BCUT2D eigenvalue weighted by atomic mass is 10.2. The molecule has 0 aliphatic rings. The van der Waals surface area contributed by atoms with Crippen LogP contribution in [0.4, 0.5) is 5.69 Å². The number of thioether (sulfide) groups is 1. The summed E-state index contributed by atoms with van der Waals surface area (Å²) in [4.78, 5) is 15.8. The van der Waals surface area contributed by atoms with Gasteiger partial charge < -0.3 is 4.74 Å². The molecule has 0 unspecified atom stereocenters. The summed E-state index contributed by atoms with van der Waals surface area (Å²) in [5, 5.41) is -0.0512. The number of benzene rings is 2. The van der Waals surface area contributed by atoms with Crippen LogP contribution in [-0.2, 0) is 10.5 Å². The van der Waals surface area contributed by atoms with Crippen LogP contribution in [0.5, 0.6) is 5.75 Å². The van der Waals surface area contributed by atoms with Crippen molar-refractivity contribution >= 4 is 28.8 Å². The maximum absolute atomic E-state index is 11.7. The molecular weight excluding hydrogens is 270 g/mol. The fourth-order valence-corrected chi connectivity index (χ4v) is 2.19. The van der Waals surface area contributed by atoms with Crippen molar-refractivity contribution in [3.8, 4) is 5.75 Å². The van der Waals surface area contributed by atoms with Crippen molar-refractivity contribution in [1.29, 1.82) is 0 Å². The van der Waals surface area contributed by atoms with Crippen LogP contribution in [0.1, 0.15) is 5.56 Å². The Morgan fingerprint density at radius 1 is 1.15 bits per heavy atom. The summed E-state index contributed by atoms with van der Waals surface area (Å²) in [6, 6.07) is 17.1. The lowest BCUT2D eigenvalue weighted by Gasteiger charge is -1.99. The number of carbonyl (C=O) groups excluding carboxylic acids is 1. The first kappa shape index (κ1) is 14.3. The van der Waals surface area contributed by atoms with Gasteiger partial charge >= 0.3 is 0 Å². The Kier molecular flexibility index (Phi) is 5.38. The first-order chi connectivity index (χ1) is 9.78. The second-order valence-corrected chi connectivity index (χ2v) is 5.03. The van der Waals surface area contributed by atoms with Gasteiger partial charge in [0.05, 0.1) is 19.0 Å². The summed E-state index contributed by atoms with van der Waals surface area (Å²) in [5.74, 6) is 1.43. The Morgan fingerprint density at radius 3 is 2.50 bits per heavy atom. The van der Waals surface area contributed by atoms with Gasteiger partial charge in [-0.15, -0.1) is 0 Å². The highest BCUT2D eigenvalue weighted by molar-refractivity contribution is 8.14. The fourth-order valence-electron chi connectivity index (χ4n) is 1.56. The molecule has 0 spiro atoms. The summed E-state index contributed by atoms with van der Waals surface area (Å²) >= 11 is 1.24. The molecule has 0 saturated heterocycles. The summed E-state index contributed by atoms with van der Waals surface area (Å²) in [5.41, 5.74) is 1.86. The number of aliphatic imine (C=N–C) groups is 1. The number of hydrogen-bond donors (Lipinski definition) is 0. The van der Waals surface area contributed by atoms with Crippen LogP contribution in [0.25, 0.3) is 0 Å². The molecule has 3 nitrogen and oxygen atoms in total. The zero-order chi connectivity index (χ0) is 14.2. The lowest BCUT2D eigenvalue weighted by Crippen LogP contribution is -1.93. The third-order valence-corrected chi connectivity index (χ3v) is 3.48. The van der Waals surface area contributed by atoms with E-state index in [4.69, 9.17) is 4.74 Å². The molecule has 2 aromatic carbocycles. The first-order valence-electron chi connectivity index (χ1n) is 6.17. The van der Waals surface area contributed by atoms with Crippen LogP contribution in [0.2, 0.25) is 0 Å². The van der Waals surface area contributed by atoms with Crippen molar-refractivity contribution in [3.63, 3.8) is 0 Å². The average Bonchev–Trinajstić information content (AvgIpc) is 2.52. The molecule has 102 valence electrons. The van der Waals surface area contributed by atoms with Crippen LogP contribution in [-0.4, -0.2) is 18.4 Å². The fraction of sp³-hybridized carbons (Fsp3) is 0.125. The zero-order valence-corrected chi connectivity index (χ0v) is 12.0. The minimum absolute atomic E-state index is 0.0512. The number of methoxy groups -OCH3 is 1. The van der Waals surface area contributed by atoms with E-state index >= 15 is 0 Å². The molecule has 0 saturated carbocycles. The van der Waals surface area contributed by atoms with Gasteiger partial charge in [0.1, 0.15) is 5.75 Å². The Hall–Kier alpha value is -2.07. The monoisotopic (exact) mass is 285 g/mol. The van der Waals surface area contributed by atoms with Gasteiger partial charge in [0.2, 0.25) is 5.12 Å². The Morgan fingerprint density at radius 2 is 1.85 bits per heavy atom.